The van der Waals surface area contributed by atoms with Gasteiger partial charge in [-0.1, -0.05) is 12.1 Å². The third-order valence-electron chi connectivity index (χ3n) is 5.12. The maximum Gasteiger partial charge on any atom is 0.298 e. The molecule has 0 N–H and O–H groups in total. The zero-order valence-electron chi connectivity index (χ0n) is 16.0. The molecular weight excluding hydrogens is 373 g/mol. The van der Waals surface area contributed by atoms with E-state index >= 15 is 0 Å². The van der Waals surface area contributed by atoms with Crippen LogP contribution < -0.4 is 10.3 Å². The highest BCUT2D eigenvalue weighted by molar-refractivity contribution is 5.79. The van der Waals surface area contributed by atoms with Crippen LogP contribution in [0.25, 0.3) is 22.6 Å². The molecule has 3 heterocycles. The molecule has 146 valence electrons. The Morgan fingerprint density at radius 2 is 1.93 bits per heavy atom. The molecule has 1 aliphatic rings. The van der Waals surface area contributed by atoms with Gasteiger partial charge in [-0.05, 0) is 49.9 Å². The van der Waals surface area contributed by atoms with E-state index in [0.29, 0.717) is 11.6 Å². The Morgan fingerprint density at radius 3 is 2.66 bits per heavy atom. The highest BCUT2D eigenvalue weighted by atomic mass is 19.1. The highest BCUT2D eigenvalue weighted by Gasteiger charge is 2.24. The number of rotatable bonds is 4. The van der Waals surface area contributed by atoms with Crippen LogP contribution in [-0.2, 0) is 0 Å². The standard InChI is InChI=1S/C21H18FN5O2/c1-12-18(14-4-3-5-17(8-14)29-16-6-7-16)13(2)26-11-25-27(20(28)19(12)26)21-23-9-15(22)10-24-21/h3-5,8-11,16H,6-7H2,1-2H3. The SMILES string of the molecule is Cc1c(-c2cccc(OC3CC3)c2)c(C)n2cnn(-c3ncc(F)cn3)c(=O)c12. The zero-order valence-corrected chi connectivity index (χ0v) is 16.0. The van der Waals surface area contributed by atoms with E-state index in [9.17, 15) is 9.18 Å². The molecule has 29 heavy (non-hydrogen) atoms. The molecule has 0 aliphatic heterocycles. The van der Waals surface area contributed by atoms with Crippen molar-refractivity contribution in [2.24, 2.45) is 0 Å². The number of ether oxygens (including phenoxy) is 1. The van der Waals surface area contributed by atoms with Crippen LogP contribution in [0.3, 0.4) is 0 Å². The molecule has 0 radical (unpaired) electrons. The maximum atomic E-state index is 13.1. The molecule has 4 aromatic rings. The smallest absolute Gasteiger partial charge is 0.298 e. The van der Waals surface area contributed by atoms with Gasteiger partial charge in [-0.3, -0.25) is 9.20 Å². The Morgan fingerprint density at radius 1 is 1.17 bits per heavy atom. The molecule has 1 aromatic carbocycles. The summed E-state index contributed by atoms with van der Waals surface area (Å²) in [4.78, 5) is 20.9. The van der Waals surface area contributed by atoms with Crippen molar-refractivity contribution in [2.45, 2.75) is 32.8 Å². The van der Waals surface area contributed by atoms with E-state index in [2.05, 4.69) is 15.1 Å². The van der Waals surface area contributed by atoms with Gasteiger partial charge < -0.3 is 4.74 Å². The van der Waals surface area contributed by atoms with Crippen LogP contribution in [0.1, 0.15) is 24.1 Å². The van der Waals surface area contributed by atoms with Gasteiger partial charge in [-0.15, -0.1) is 0 Å². The fourth-order valence-electron chi connectivity index (χ4n) is 3.61. The first-order valence-corrected chi connectivity index (χ1v) is 9.37. The lowest BCUT2D eigenvalue weighted by molar-refractivity contribution is 0.303. The maximum absolute atomic E-state index is 13.1. The van der Waals surface area contributed by atoms with E-state index in [0.717, 1.165) is 58.1 Å². The van der Waals surface area contributed by atoms with Crippen molar-refractivity contribution in [3.8, 4) is 22.8 Å². The van der Waals surface area contributed by atoms with E-state index in [-0.39, 0.29) is 11.5 Å². The fraction of sp³-hybridized carbons (Fsp3) is 0.238. The minimum Gasteiger partial charge on any atom is -0.490 e. The summed E-state index contributed by atoms with van der Waals surface area (Å²) in [7, 11) is 0. The molecule has 0 unspecified atom stereocenters. The lowest BCUT2D eigenvalue weighted by Crippen LogP contribution is -2.25. The van der Waals surface area contributed by atoms with E-state index in [1.54, 1.807) is 10.7 Å². The van der Waals surface area contributed by atoms with Gasteiger partial charge in [-0.25, -0.2) is 14.4 Å². The normalized spacial score (nSPS) is 13.8. The third kappa shape index (κ3) is 2.97. The van der Waals surface area contributed by atoms with Gasteiger partial charge in [0.05, 0.1) is 18.5 Å². The molecule has 5 rings (SSSR count). The number of halogens is 1. The van der Waals surface area contributed by atoms with Crippen LogP contribution in [0, 0.1) is 19.7 Å². The number of aryl methyl sites for hydroxylation is 2. The summed E-state index contributed by atoms with van der Waals surface area (Å²) in [5.74, 6) is 0.279. The van der Waals surface area contributed by atoms with Crippen LogP contribution in [0.5, 0.6) is 5.75 Å². The van der Waals surface area contributed by atoms with E-state index in [4.69, 9.17) is 4.74 Å². The summed E-state index contributed by atoms with van der Waals surface area (Å²) >= 11 is 0. The monoisotopic (exact) mass is 391 g/mol. The van der Waals surface area contributed by atoms with Gasteiger partial charge in [0.1, 0.15) is 17.6 Å². The van der Waals surface area contributed by atoms with Crippen molar-refractivity contribution in [3.05, 3.63) is 70.4 Å². The van der Waals surface area contributed by atoms with Crippen molar-refractivity contribution < 1.29 is 9.13 Å². The predicted octanol–water partition coefficient (Wildman–Crippen LogP) is 3.24. The number of benzene rings is 1. The van der Waals surface area contributed by atoms with Gasteiger partial charge >= 0.3 is 0 Å². The van der Waals surface area contributed by atoms with Crippen LogP contribution in [0.2, 0.25) is 0 Å². The third-order valence-corrected chi connectivity index (χ3v) is 5.12. The molecule has 3 aromatic heterocycles. The van der Waals surface area contributed by atoms with E-state index < -0.39 is 5.82 Å². The first kappa shape index (κ1) is 17.5. The molecule has 7 nitrogen and oxygen atoms in total. The Bertz CT molecular complexity index is 1290. The summed E-state index contributed by atoms with van der Waals surface area (Å²) < 4.78 is 21.9. The Labute approximate surface area is 165 Å². The summed E-state index contributed by atoms with van der Waals surface area (Å²) in [6, 6.07) is 7.91. The van der Waals surface area contributed by atoms with Gasteiger partial charge in [0.2, 0.25) is 0 Å². The largest absolute Gasteiger partial charge is 0.490 e. The number of hydrogen-bond donors (Lipinski definition) is 0. The Balaban J connectivity index is 1.67. The molecule has 8 heteroatoms. The minimum atomic E-state index is -0.576. The van der Waals surface area contributed by atoms with E-state index in [1.165, 1.54) is 0 Å². The lowest BCUT2D eigenvalue weighted by atomic mass is 10.0. The first-order valence-electron chi connectivity index (χ1n) is 9.37. The predicted molar refractivity (Wildman–Crippen MR) is 105 cm³/mol. The van der Waals surface area contributed by atoms with Crippen molar-refractivity contribution in [3.63, 3.8) is 0 Å². The van der Waals surface area contributed by atoms with Crippen LogP contribution in [0.15, 0.2) is 47.8 Å². The molecule has 0 atom stereocenters. The number of aromatic nitrogens is 5. The highest BCUT2D eigenvalue weighted by Crippen LogP contribution is 2.34. The van der Waals surface area contributed by atoms with Crippen molar-refractivity contribution in [2.75, 3.05) is 0 Å². The average molecular weight is 391 g/mol. The molecule has 0 amide bonds. The Kier molecular flexibility index (Phi) is 3.94. The minimum absolute atomic E-state index is 0.0264. The molecular formula is C21H18FN5O2. The topological polar surface area (TPSA) is 74.3 Å². The van der Waals surface area contributed by atoms with Crippen LogP contribution in [-0.4, -0.2) is 30.3 Å². The molecule has 1 aliphatic carbocycles. The molecule has 0 spiro atoms. The summed E-state index contributed by atoms with van der Waals surface area (Å²) in [5, 5.41) is 4.18. The first-order chi connectivity index (χ1) is 14.0. The van der Waals surface area contributed by atoms with E-state index in [1.807, 2.05) is 38.1 Å². The average Bonchev–Trinajstić information content (AvgIpc) is 3.48. The molecule has 1 fully saturated rings. The Hall–Kier alpha value is -3.55. The van der Waals surface area contributed by atoms with Crippen molar-refractivity contribution >= 4 is 5.52 Å². The quantitative estimate of drug-likeness (QED) is 0.534. The second kappa shape index (κ2) is 6.51. The molecule has 0 bridgehead atoms. The number of nitrogens with zero attached hydrogens (tertiary/aromatic N) is 5. The summed E-state index contributed by atoms with van der Waals surface area (Å²) in [5.41, 5.74) is 3.78. The van der Waals surface area contributed by atoms with Gasteiger partial charge in [-0.2, -0.15) is 9.78 Å². The number of fused-ring (bicyclic) bond motifs is 1. The number of hydrogen-bond acceptors (Lipinski definition) is 5. The molecule has 0 saturated heterocycles. The summed E-state index contributed by atoms with van der Waals surface area (Å²) in [6.07, 6.45) is 6.07. The van der Waals surface area contributed by atoms with Crippen molar-refractivity contribution in [1.29, 1.82) is 0 Å². The van der Waals surface area contributed by atoms with Gasteiger partial charge in [0, 0.05) is 11.3 Å². The van der Waals surface area contributed by atoms with Crippen LogP contribution in [0.4, 0.5) is 4.39 Å². The second-order valence-corrected chi connectivity index (χ2v) is 7.20. The van der Waals surface area contributed by atoms with Crippen molar-refractivity contribution in [1.82, 2.24) is 24.1 Å². The van der Waals surface area contributed by atoms with Gasteiger partial charge in [0.15, 0.2) is 5.82 Å². The van der Waals surface area contributed by atoms with Gasteiger partial charge in [0.25, 0.3) is 11.5 Å². The molecule has 1 saturated carbocycles. The summed E-state index contributed by atoms with van der Waals surface area (Å²) in [6.45, 7) is 3.85. The second-order valence-electron chi connectivity index (χ2n) is 7.20. The van der Waals surface area contributed by atoms with Crippen LogP contribution >= 0.6 is 0 Å². The zero-order chi connectivity index (χ0) is 20.1. The lowest BCUT2D eigenvalue weighted by Gasteiger charge is -2.08. The fourth-order valence-corrected chi connectivity index (χ4v) is 3.61.